The largest absolute Gasteiger partial charge is 0.449 e. The van der Waals surface area contributed by atoms with Crippen molar-refractivity contribution in [3.05, 3.63) is 106 Å². The normalized spacial score (nSPS) is 11.6. The maximum absolute atomic E-state index is 13.0. The average Bonchev–Trinajstić information content (AvgIpc) is 2.69. The van der Waals surface area contributed by atoms with Crippen molar-refractivity contribution in [1.82, 2.24) is 0 Å². The van der Waals surface area contributed by atoms with Crippen molar-refractivity contribution < 1.29 is 14.3 Å². The lowest BCUT2D eigenvalue weighted by atomic mass is 9.99. The third-order valence-electron chi connectivity index (χ3n) is 4.19. The van der Waals surface area contributed by atoms with Gasteiger partial charge < -0.3 is 4.74 Å². The van der Waals surface area contributed by atoms with Crippen LogP contribution >= 0.6 is 11.6 Å². The molecule has 4 heteroatoms. The van der Waals surface area contributed by atoms with Gasteiger partial charge in [-0.05, 0) is 24.6 Å². The molecule has 3 aromatic rings. The summed E-state index contributed by atoms with van der Waals surface area (Å²) >= 11 is 5.87. The van der Waals surface area contributed by atoms with Gasteiger partial charge >= 0.3 is 5.97 Å². The summed E-state index contributed by atoms with van der Waals surface area (Å²) in [5.41, 5.74) is 2.99. The van der Waals surface area contributed by atoms with E-state index in [1.807, 2.05) is 37.3 Å². The minimum atomic E-state index is -0.978. The van der Waals surface area contributed by atoms with Gasteiger partial charge in [0.05, 0.1) is 6.42 Å². The predicted octanol–water partition coefficient (Wildman–Crippen LogP) is 5.36. The Hall–Kier alpha value is -2.91. The van der Waals surface area contributed by atoms with E-state index in [4.69, 9.17) is 16.3 Å². The van der Waals surface area contributed by atoms with Crippen molar-refractivity contribution in [2.75, 3.05) is 0 Å². The molecule has 0 amide bonds. The number of rotatable bonds is 6. The van der Waals surface area contributed by atoms with E-state index < -0.39 is 12.1 Å². The molecule has 0 aliphatic carbocycles. The van der Waals surface area contributed by atoms with Crippen LogP contribution < -0.4 is 0 Å². The SMILES string of the molecule is Cc1ccc(C(=O)[C@@H](OC(=O)Cc2ccc(Cl)cc2)c2ccccc2)cc1. The molecule has 0 aliphatic rings. The third kappa shape index (κ3) is 5.05. The van der Waals surface area contributed by atoms with E-state index in [1.165, 1.54) is 0 Å². The van der Waals surface area contributed by atoms with Crippen molar-refractivity contribution in [1.29, 1.82) is 0 Å². The van der Waals surface area contributed by atoms with Crippen molar-refractivity contribution >= 4 is 23.4 Å². The minimum absolute atomic E-state index is 0.0711. The summed E-state index contributed by atoms with van der Waals surface area (Å²) in [4.78, 5) is 25.5. The zero-order valence-corrected chi connectivity index (χ0v) is 15.6. The summed E-state index contributed by atoms with van der Waals surface area (Å²) in [6, 6.07) is 23.3. The number of Topliss-reactive ketones (excluding diaryl/α,β-unsaturated/α-hetero) is 1. The predicted molar refractivity (Wildman–Crippen MR) is 106 cm³/mol. The number of ether oxygens (including phenoxy) is 1. The van der Waals surface area contributed by atoms with Gasteiger partial charge in [-0.25, -0.2) is 0 Å². The van der Waals surface area contributed by atoms with Crippen LogP contribution in [-0.4, -0.2) is 11.8 Å². The first-order valence-corrected chi connectivity index (χ1v) is 9.00. The van der Waals surface area contributed by atoms with E-state index in [0.717, 1.165) is 11.1 Å². The summed E-state index contributed by atoms with van der Waals surface area (Å²) in [5.74, 6) is -0.711. The van der Waals surface area contributed by atoms with Gasteiger partial charge in [-0.15, -0.1) is 0 Å². The Balaban J connectivity index is 1.81. The molecule has 3 rings (SSSR count). The summed E-state index contributed by atoms with van der Waals surface area (Å²) < 4.78 is 5.60. The molecular weight excluding hydrogens is 360 g/mol. The third-order valence-corrected chi connectivity index (χ3v) is 4.44. The molecule has 3 nitrogen and oxygen atoms in total. The molecule has 0 aliphatic heterocycles. The topological polar surface area (TPSA) is 43.4 Å². The van der Waals surface area contributed by atoms with Gasteiger partial charge in [0.15, 0.2) is 6.10 Å². The van der Waals surface area contributed by atoms with E-state index >= 15 is 0 Å². The van der Waals surface area contributed by atoms with Gasteiger partial charge in [0.2, 0.25) is 5.78 Å². The number of carbonyl (C=O) groups excluding carboxylic acids is 2. The fourth-order valence-electron chi connectivity index (χ4n) is 2.71. The van der Waals surface area contributed by atoms with Crippen LogP contribution in [0.4, 0.5) is 0 Å². The molecule has 0 saturated carbocycles. The second kappa shape index (κ2) is 8.65. The van der Waals surface area contributed by atoms with Crippen LogP contribution in [0.15, 0.2) is 78.9 Å². The first-order chi connectivity index (χ1) is 13.0. The molecule has 136 valence electrons. The zero-order valence-electron chi connectivity index (χ0n) is 14.9. The molecule has 0 N–H and O–H groups in total. The molecule has 0 spiro atoms. The van der Waals surface area contributed by atoms with Crippen molar-refractivity contribution in [2.24, 2.45) is 0 Å². The number of benzene rings is 3. The lowest BCUT2D eigenvalue weighted by Crippen LogP contribution is -2.21. The summed E-state index contributed by atoms with van der Waals surface area (Å²) in [6.07, 6.45) is -0.907. The van der Waals surface area contributed by atoms with Crippen LogP contribution in [0.1, 0.15) is 33.2 Å². The monoisotopic (exact) mass is 378 g/mol. The molecule has 0 bridgehead atoms. The highest BCUT2D eigenvalue weighted by atomic mass is 35.5. The summed E-state index contributed by atoms with van der Waals surface area (Å²) in [6.45, 7) is 1.95. The maximum atomic E-state index is 13.0. The van der Waals surface area contributed by atoms with Crippen molar-refractivity contribution in [3.8, 4) is 0 Å². The second-order valence-electron chi connectivity index (χ2n) is 6.31. The quantitative estimate of drug-likeness (QED) is 0.428. The van der Waals surface area contributed by atoms with Crippen LogP contribution in [-0.2, 0) is 16.0 Å². The van der Waals surface area contributed by atoms with Crippen LogP contribution in [0.5, 0.6) is 0 Å². The molecule has 3 aromatic carbocycles. The fraction of sp³-hybridized carbons (Fsp3) is 0.130. The lowest BCUT2D eigenvalue weighted by Gasteiger charge is -2.17. The molecule has 27 heavy (non-hydrogen) atoms. The van der Waals surface area contributed by atoms with Gasteiger partial charge in [-0.2, -0.15) is 0 Å². The highest BCUT2D eigenvalue weighted by molar-refractivity contribution is 6.30. The Morgan fingerprint density at radius 1 is 0.889 bits per heavy atom. The van der Waals surface area contributed by atoms with Crippen LogP contribution in [0.25, 0.3) is 0 Å². The maximum Gasteiger partial charge on any atom is 0.311 e. The average molecular weight is 379 g/mol. The van der Waals surface area contributed by atoms with E-state index in [-0.39, 0.29) is 12.2 Å². The Morgan fingerprint density at radius 2 is 1.52 bits per heavy atom. The number of esters is 1. The second-order valence-corrected chi connectivity index (χ2v) is 6.75. The first kappa shape index (κ1) is 18.9. The molecule has 0 heterocycles. The smallest absolute Gasteiger partial charge is 0.311 e. The summed E-state index contributed by atoms with van der Waals surface area (Å²) in [7, 11) is 0. The van der Waals surface area contributed by atoms with E-state index in [9.17, 15) is 9.59 Å². The number of halogens is 1. The van der Waals surface area contributed by atoms with Crippen LogP contribution in [0, 0.1) is 6.92 Å². The van der Waals surface area contributed by atoms with Gasteiger partial charge in [0.1, 0.15) is 0 Å². The Labute approximate surface area is 163 Å². The fourth-order valence-corrected chi connectivity index (χ4v) is 2.84. The number of ketones is 1. The molecule has 0 aromatic heterocycles. The van der Waals surface area contributed by atoms with Crippen molar-refractivity contribution in [2.45, 2.75) is 19.4 Å². The minimum Gasteiger partial charge on any atom is -0.449 e. The molecule has 0 fully saturated rings. The van der Waals surface area contributed by atoms with E-state index in [1.54, 1.807) is 48.5 Å². The van der Waals surface area contributed by atoms with Crippen LogP contribution in [0.2, 0.25) is 5.02 Å². The van der Waals surface area contributed by atoms with Gasteiger partial charge in [-0.3, -0.25) is 9.59 Å². The Kier molecular flexibility index (Phi) is 6.05. The van der Waals surface area contributed by atoms with Crippen LogP contribution in [0.3, 0.4) is 0 Å². The standard InChI is InChI=1S/C23H19ClO3/c1-16-7-11-18(12-8-16)22(26)23(19-5-3-2-4-6-19)27-21(25)15-17-9-13-20(24)14-10-17/h2-14,23H,15H2,1H3/t23-/m0/s1. The lowest BCUT2D eigenvalue weighted by molar-refractivity contribution is -0.146. The highest BCUT2D eigenvalue weighted by Crippen LogP contribution is 2.24. The Bertz CT molecular complexity index is 916. The highest BCUT2D eigenvalue weighted by Gasteiger charge is 2.26. The molecule has 1 atom stereocenters. The molecule has 0 radical (unpaired) electrons. The van der Waals surface area contributed by atoms with Crippen molar-refractivity contribution in [3.63, 3.8) is 0 Å². The molecule has 0 saturated heterocycles. The van der Waals surface area contributed by atoms with E-state index in [0.29, 0.717) is 16.1 Å². The van der Waals surface area contributed by atoms with Gasteiger partial charge in [0.25, 0.3) is 0 Å². The number of aryl methyl sites for hydroxylation is 1. The molecular formula is C23H19ClO3. The zero-order chi connectivity index (χ0) is 19.2. The van der Waals surface area contributed by atoms with E-state index in [2.05, 4.69) is 0 Å². The number of hydrogen-bond donors (Lipinski definition) is 0. The van der Waals surface area contributed by atoms with Gasteiger partial charge in [-0.1, -0.05) is 83.9 Å². The number of hydrogen-bond acceptors (Lipinski definition) is 3. The number of carbonyl (C=O) groups is 2. The first-order valence-electron chi connectivity index (χ1n) is 8.62. The molecule has 0 unspecified atom stereocenters. The summed E-state index contributed by atoms with van der Waals surface area (Å²) in [5, 5.41) is 0.601. The Morgan fingerprint density at radius 3 is 2.15 bits per heavy atom. The van der Waals surface area contributed by atoms with Gasteiger partial charge in [0, 0.05) is 16.1 Å².